The van der Waals surface area contributed by atoms with Gasteiger partial charge in [0.1, 0.15) is 11.4 Å². The van der Waals surface area contributed by atoms with Crippen molar-refractivity contribution in [1.29, 1.82) is 0 Å². The lowest BCUT2D eigenvalue weighted by atomic mass is 9.96. The van der Waals surface area contributed by atoms with Crippen LogP contribution in [0.5, 0.6) is 5.75 Å². The average Bonchev–Trinajstić information content (AvgIpc) is 3.13. The lowest BCUT2D eigenvalue weighted by Crippen LogP contribution is -2.40. The van der Waals surface area contributed by atoms with E-state index in [0.29, 0.717) is 11.6 Å². The van der Waals surface area contributed by atoms with Crippen LogP contribution in [0, 0.1) is 12.8 Å². The molecule has 1 saturated heterocycles. The van der Waals surface area contributed by atoms with Gasteiger partial charge in [-0.3, -0.25) is 9.89 Å². The molecule has 1 aromatic heterocycles. The summed E-state index contributed by atoms with van der Waals surface area (Å²) in [5, 5.41) is 6.91. The number of benzene rings is 1. The van der Waals surface area contributed by atoms with Crippen LogP contribution in [0.1, 0.15) is 34.6 Å². The normalized spacial score (nSPS) is 15.7. The van der Waals surface area contributed by atoms with Crippen LogP contribution >= 0.6 is 0 Å². The van der Waals surface area contributed by atoms with Crippen molar-refractivity contribution in [3.05, 3.63) is 47.3 Å². The Morgan fingerprint density at radius 3 is 2.74 bits per heavy atom. The Morgan fingerprint density at radius 2 is 2.07 bits per heavy atom. The fourth-order valence-corrected chi connectivity index (χ4v) is 3.77. The lowest BCUT2D eigenvalue weighted by molar-refractivity contribution is 0.0734. The topological polar surface area (TPSA) is 61.5 Å². The van der Waals surface area contributed by atoms with Gasteiger partial charge in [0.2, 0.25) is 0 Å². The van der Waals surface area contributed by atoms with Crippen molar-refractivity contribution in [3.8, 4) is 5.75 Å². The van der Waals surface area contributed by atoms with Gasteiger partial charge in [-0.05, 0) is 62.9 Å². The molecule has 6 nitrogen and oxygen atoms in total. The molecule has 6 heteroatoms. The smallest absolute Gasteiger partial charge is 0.274 e. The summed E-state index contributed by atoms with van der Waals surface area (Å²) >= 11 is 0. The summed E-state index contributed by atoms with van der Waals surface area (Å²) in [5.41, 5.74) is 2.68. The van der Waals surface area contributed by atoms with Crippen LogP contribution in [-0.2, 0) is 6.42 Å². The summed E-state index contributed by atoms with van der Waals surface area (Å²) in [4.78, 5) is 16.8. The van der Waals surface area contributed by atoms with E-state index in [2.05, 4.69) is 27.2 Å². The molecule has 2 aromatic rings. The zero-order valence-electron chi connectivity index (χ0n) is 16.6. The maximum atomic E-state index is 12.4. The number of nitrogens with zero attached hydrogens (tertiary/aromatic N) is 3. The Bertz CT molecular complexity index is 750. The second-order valence-corrected chi connectivity index (χ2v) is 7.47. The standard InChI is InChI=1S/C21H30N4O2/c1-16-14-19(23-22-16)21(26)24(2)15-17-8-11-25(12-9-17)13-10-18-6-4-5-7-20(18)27-3/h4-7,14,17H,8-13,15H2,1-3H3,(H,22,23). The number of rotatable bonds is 7. The number of nitrogens with one attached hydrogen (secondary N) is 1. The van der Waals surface area contributed by atoms with E-state index in [1.165, 1.54) is 5.56 Å². The number of carbonyl (C=O) groups is 1. The summed E-state index contributed by atoms with van der Waals surface area (Å²) in [6.07, 6.45) is 3.26. The molecule has 2 heterocycles. The van der Waals surface area contributed by atoms with Gasteiger partial charge in [0.05, 0.1) is 7.11 Å². The molecular formula is C21H30N4O2. The van der Waals surface area contributed by atoms with E-state index in [4.69, 9.17) is 4.74 Å². The van der Waals surface area contributed by atoms with Gasteiger partial charge in [0.25, 0.3) is 5.91 Å². The van der Waals surface area contributed by atoms with Gasteiger partial charge in [0, 0.05) is 25.8 Å². The summed E-state index contributed by atoms with van der Waals surface area (Å²) in [6.45, 7) is 5.93. The number of hydrogen-bond donors (Lipinski definition) is 1. The summed E-state index contributed by atoms with van der Waals surface area (Å²) in [6, 6.07) is 10.0. The zero-order valence-corrected chi connectivity index (χ0v) is 16.6. The molecule has 146 valence electrons. The molecule has 0 radical (unpaired) electrons. The number of H-pyrrole nitrogens is 1. The molecule has 0 saturated carbocycles. The predicted molar refractivity (Wildman–Crippen MR) is 106 cm³/mol. The second-order valence-electron chi connectivity index (χ2n) is 7.47. The van der Waals surface area contributed by atoms with Crippen LogP contribution < -0.4 is 4.74 Å². The number of piperidine rings is 1. The fourth-order valence-electron chi connectivity index (χ4n) is 3.77. The van der Waals surface area contributed by atoms with Crippen molar-refractivity contribution in [2.24, 2.45) is 5.92 Å². The van der Waals surface area contributed by atoms with Crippen LogP contribution in [0.4, 0.5) is 0 Å². The minimum atomic E-state index is -0.00190. The lowest BCUT2D eigenvalue weighted by Gasteiger charge is -2.33. The molecule has 0 atom stereocenters. The summed E-state index contributed by atoms with van der Waals surface area (Å²) in [7, 11) is 3.60. The van der Waals surface area contributed by atoms with Crippen LogP contribution in [0.25, 0.3) is 0 Å². The molecule has 1 fully saturated rings. The Hall–Kier alpha value is -2.34. The highest BCUT2D eigenvalue weighted by Gasteiger charge is 2.23. The number of para-hydroxylation sites is 1. The number of aromatic nitrogens is 2. The Morgan fingerprint density at radius 1 is 1.33 bits per heavy atom. The molecule has 1 aliphatic heterocycles. The van der Waals surface area contributed by atoms with Crippen molar-refractivity contribution in [2.45, 2.75) is 26.2 Å². The second kappa shape index (κ2) is 9.04. The van der Waals surface area contributed by atoms with Gasteiger partial charge >= 0.3 is 0 Å². The van der Waals surface area contributed by atoms with E-state index in [-0.39, 0.29) is 5.91 Å². The van der Waals surface area contributed by atoms with Crippen molar-refractivity contribution >= 4 is 5.91 Å². The van der Waals surface area contributed by atoms with Crippen LogP contribution in [-0.4, -0.2) is 66.2 Å². The highest BCUT2D eigenvalue weighted by molar-refractivity contribution is 5.92. The van der Waals surface area contributed by atoms with Gasteiger partial charge in [-0.15, -0.1) is 0 Å². The fraction of sp³-hybridized carbons (Fsp3) is 0.524. The van der Waals surface area contributed by atoms with Gasteiger partial charge in [-0.25, -0.2) is 0 Å². The number of amides is 1. The minimum Gasteiger partial charge on any atom is -0.496 e. The molecule has 0 spiro atoms. The summed E-state index contributed by atoms with van der Waals surface area (Å²) < 4.78 is 5.44. The van der Waals surface area contributed by atoms with E-state index < -0.39 is 0 Å². The van der Waals surface area contributed by atoms with Crippen molar-refractivity contribution in [3.63, 3.8) is 0 Å². The number of ether oxygens (including phenoxy) is 1. The molecule has 0 unspecified atom stereocenters. The number of methoxy groups -OCH3 is 1. The third-order valence-corrected chi connectivity index (χ3v) is 5.40. The van der Waals surface area contributed by atoms with Gasteiger partial charge in [0.15, 0.2) is 0 Å². The van der Waals surface area contributed by atoms with Crippen molar-refractivity contribution < 1.29 is 9.53 Å². The third-order valence-electron chi connectivity index (χ3n) is 5.40. The van der Waals surface area contributed by atoms with Gasteiger partial charge in [-0.1, -0.05) is 18.2 Å². The largest absolute Gasteiger partial charge is 0.496 e. The molecule has 1 N–H and O–H groups in total. The SMILES string of the molecule is COc1ccccc1CCN1CCC(CN(C)C(=O)c2cc(C)[nH]n2)CC1. The van der Waals surface area contributed by atoms with E-state index in [1.807, 2.05) is 31.0 Å². The average molecular weight is 370 g/mol. The number of carbonyl (C=O) groups excluding carboxylic acids is 1. The maximum absolute atomic E-state index is 12.4. The molecule has 1 aromatic carbocycles. The first-order valence-electron chi connectivity index (χ1n) is 9.68. The molecule has 1 aliphatic rings. The number of aromatic amines is 1. The first kappa shape index (κ1) is 19.4. The Labute approximate surface area is 161 Å². The van der Waals surface area contributed by atoms with E-state index in [9.17, 15) is 4.79 Å². The van der Waals surface area contributed by atoms with E-state index in [1.54, 1.807) is 13.2 Å². The molecule has 0 bridgehead atoms. The first-order valence-corrected chi connectivity index (χ1v) is 9.68. The predicted octanol–water partition coefficient (Wildman–Crippen LogP) is 2.75. The molecule has 27 heavy (non-hydrogen) atoms. The highest BCUT2D eigenvalue weighted by atomic mass is 16.5. The van der Waals surface area contributed by atoms with Crippen LogP contribution in [0.15, 0.2) is 30.3 Å². The number of likely N-dealkylation sites (tertiary alicyclic amines) is 1. The maximum Gasteiger partial charge on any atom is 0.274 e. The number of aryl methyl sites for hydroxylation is 1. The summed E-state index contributed by atoms with van der Waals surface area (Å²) in [5.74, 6) is 1.53. The highest BCUT2D eigenvalue weighted by Crippen LogP contribution is 2.21. The van der Waals surface area contributed by atoms with Gasteiger partial charge < -0.3 is 14.5 Å². The Balaban J connectivity index is 1.43. The third kappa shape index (κ3) is 5.10. The van der Waals surface area contributed by atoms with Crippen molar-refractivity contribution in [1.82, 2.24) is 20.0 Å². The van der Waals surface area contributed by atoms with Gasteiger partial charge in [-0.2, -0.15) is 5.10 Å². The van der Waals surface area contributed by atoms with Crippen molar-refractivity contribution in [2.75, 3.05) is 40.3 Å². The minimum absolute atomic E-state index is 0.00190. The van der Waals surface area contributed by atoms with E-state index >= 15 is 0 Å². The quantitative estimate of drug-likeness (QED) is 0.814. The van der Waals surface area contributed by atoms with E-state index in [0.717, 1.165) is 56.9 Å². The molecule has 1 amide bonds. The van der Waals surface area contributed by atoms with Crippen LogP contribution in [0.2, 0.25) is 0 Å². The monoisotopic (exact) mass is 370 g/mol. The Kier molecular flexibility index (Phi) is 6.50. The molecular weight excluding hydrogens is 340 g/mol. The zero-order chi connectivity index (χ0) is 19.2. The molecule has 0 aliphatic carbocycles. The van der Waals surface area contributed by atoms with Crippen LogP contribution in [0.3, 0.4) is 0 Å². The first-order chi connectivity index (χ1) is 13.1. The molecule has 3 rings (SSSR count). The number of hydrogen-bond acceptors (Lipinski definition) is 4.